The molecule has 0 radical (unpaired) electrons. The van der Waals surface area contributed by atoms with Gasteiger partial charge >= 0.3 is 0 Å². The highest BCUT2D eigenvalue weighted by atomic mass is 14.2. The second-order valence-corrected chi connectivity index (χ2v) is 6.85. The highest BCUT2D eigenvalue weighted by Gasteiger charge is 2.18. The van der Waals surface area contributed by atoms with Crippen molar-refractivity contribution in [2.45, 2.75) is 31.6 Å². The third kappa shape index (κ3) is 3.21. The van der Waals surface area contributed by atoms with Crippen molar-refractivity contribution in [3.8, 4) is 6.07 Å². The van der Waals surface area contributed by atoms with Gasteiger partial charge in [-0.3, -0.25) is 0 Å². The highest BCUT2D eigenvalue weighted by Crippen LogP contribution is 2.36. The number of benzene rings is 3. The van der Waals surface area contributed by atoms with Crippen molar-refractivity contribution in [3.63, 3.8) is 0 Å². The minimum absolute atomic E-state index is 0.691. The van der Waals surface area contributed by atoms with Gasteiger partial charge in [-0.25, -0.2) is 0 Å². The number of rotatable bonds is 2. The van der Waals surface area contributed by atoms with Gasteiger partial charge in [0.15, 0.2) is 0 Å². The molecule has 3 aromatic carbocycles. The first-order chi connectivity index (χ1) is 12.3. The maximum absolute atomic E-state index is 9.32. The lowest BCUT2D eigenvalue weighted by molar-refractivity contribution is 0.519. The smallest absolute Gasteiger partial charge is 0.0998 e. The van der Waals surface area contributed by atoms with Gasteiger partial charge in [0.25, 0.3) is 0 Å². The van der Waals surface area contributed by atoms with Gasteiger partial charge in [0.1, 0.15) is 0 Å². The molecule has 1 nitrogen and oxygen atoms in total. The van der Waals surface area contributed by atoms with Crippen LogP contribution >= 0.6 is 0 Å². The molecule has 0 spiro atoms. The van der Waals surface area contributed by atoms with E-state index in [1.165, 1.54) is 34.9 Å². The highest BCUT2D eigenvalue weighted by molar-refractivity contribution is 5.94. The fourth-order valence-corrected chi connectivity index (χ4v) is 3.96. The summed E-state index contributed by atoms with van der Waals surface area (Å²) in [5.41, 5.74) is 5.00. The Morgan fingerprint density at radius 3 is 2.20 bits per heavy atom. The fourth-order valence-electron chi connectivity index (χ4n) is 3.96. The van der Waals surface area contributed by atoms with Crippen molar-refractivity contribution in [2.75, 3.05) is 0 Å². The molecule has 1 aliphatic carbocycles. The summed E-state index contributed by atoms with van der Waals surface area (Å²) in [6.07, 6.45) is 7.13. The van der Waals surface area contributed by atoms with Crippen LogP contribution in [0.3, 0.4) is 0 Å². The van der Waals surface area contributed by atoms with Crippen LogP contribution in [-0.4, -0.2) is 0 Å². The lowest BCUT2D eigenvalue weighted by Crippen LogP contribution is -2.06. The quantitative estimate of drug-likeness (QED) is 0.531. The average molecular weight is 323 g/mol. The summed E-state index contributed by atoms with van der Waals surface area (Å²) >= 11 is 0. The summed E-state index contributed by atoms with van der Waals surface area (Å²) in [7, 11) is 0. The Labute approximate surface area is 149 Å². The monoisotopic (exact) mass is 323 g/mol. The average Bonchev–Trinajstić information content (AvgIpc) is 2.69. The molecule has 122 valence electrons. The normalized spacial score (nSPS) is 17.2. The van der Waals surface area contributed by atoms with Crippen LogP contribution in [0.2, 0.25) is 0 Å². The van der Waals surface area contributed by atoms with E-state index in [0.717, 1.165) is 23.8 Å². The summed E-state index contributed by atoms with van der Waals surface area (Å²) in [5.74, 6) is 0.691. The molecule has 0 amide bonds. The summed E-state index contributed by atoms with van der Waals surface area (Å²) in [6, 6.07) is 25.5. The molecule has 0 saturated heterocycles. The molecule has 0 N–H and O–H groups in total. The summed E-state index contributed by atoms with van der Waals surface area (Å²) < 4.78 is 0. The lowest BCUT2D eigenvalue weighted by atomic mass is 9.81. The molecule has 0 unspecified atom stereocenters. The van der Waals surface area contributed by atoms with E-state index in [1.54, 1.807) is 0 Å². The predicted octanol–water partition coefficient (Wildman–Crippen LogP) is 6.45. The zero-order chi connectivity index (χ0) is 17.1. The van der Waals surface area contributed by atoms with Gasteiger partial charge in [-0.05, 0) is 54.2 Å². The third-order valence-corrected chi connectivity index (χ3v) is 5.34. The van der Waals surface area contributed by atoms with Gasteiger partial charge in [0.2, 0.25) is 0 Å². The maximum Gasteiger partial charge on any atom is 0.0998 e. The molecule has 0 aromatic heterocycles. The molecule has 0 atom stereocenters. The van der Waals surface area contributed by atoms with Gasteiger partial charge in [-0.1, -0.05) is 72.3 Å². The Balaban J connectivity index is 1.59. The van der Waals surface area contributed by atoms with Crippen molar-refractivity contribution in [1.82, 2.24) is 0 Å². The first kappa shape index (κ1) is 15.7. The standard InChI is InChI=1S/C24H21N/c25-17-22-15-14-21(23-8-4-5-9-24(22)23)16-18-10-12-20(13-11-18)19-6-2-1-3-7-19/h1-9,14-16,20H,10-13H2. The van der Waals surface area contributed by atoms with Crippen LogP contribution in [-0.2, 0) is 0 Å². The van der Waals surface area contributed by atoms with E-state index in [-0.39, 0.29) is 0 Å². The number of hydrogen-bond acceptors (Lipinski definition) is 1. The van der Waals surface area contributed by atoms with Crippen LogP contribution in [0.25, 0.3) is 16.8 Å². The molecule has 1 saturated carbocycles. The largest absolute Gasteiger partial charge is 0.192 e. The molecule has 1 heteroatoms. The Morgan fingerprint density at radius 2 is 1.48 bits per heavy atom. The van der Waals surface area contributed by atoms with Crippen molar-refractivity contribution in [2.24, 2.45) is 0 Å². The molecule has 3 aromatic rings. The Hall–Kier alpha value is -2.85. The van der Waals surface area contributed by atoms with Gasteiger partial charge in [-0.15, -0.1) is 0 Å². The van der Waals surface area contributed by atoms with Crippen LogP contribution in [0.5, 0.6) is 0 Å². The van der Waals surface area contributed by atoms with E-state index in [9.17, 15) is 5.26 Å². The van der Waals surface area contributed by atoms with Crippen molar-refractivity contribution in [1.29, 1.82) is 5.26 Å². The zero-order valence-electron chi connectivity index (χ0n) is 14.3. The number of nitriles is 1. The topological polar surface area (TPSA) is 23.8 Å². The van der Waals surface area contributed by atoms with Gasteiger partial charge in [-0.2, -0.15) is 5.26 Å². The summed E-state index contributed by atoms with van der Waals surface area (Å²) in [6.45, 7) is 0. The fraction of sp³-hybridized carbons (Fsp3) is 0.208. The van der Waals surface area contributed by atoms with Gasteiger partial charge in [0, 0.05) is 5.39 Å². The van der Waals surface area contributed by atoms with E-state index in [1.807, 2.05) is 18.2 Å². The first-order valence-electron chi connectivity index (χ1n) is 9.01. The predicted molar refractivity (Wildman–Crippen MR) is 104 cm³/mol. The van der Waals surface area contributed by atoms with Gasteiger partial charge in [0.05, 0.1) is 11.6 Å². The van der Waals surface area contributed by atoms with Crippen molar-refractivity contribution >= 4 is 16.8 Å². The van der Waals surface area contributed by atoms with E-state index in [2.05, 4.69) is 60.7 Å². The molecule has 0 bridgehead atoms. The van der Waals surface area contributed by atoms with E-state index >= 15 is 0 Å². The van der Waals surface area contributed by atoms with E-state index in [4.69, 9.17) is 0 Å². The minimum atomic E-state index is 0.691. The maximum atomic E-state index is 9.32. The van der Waals surface area contributed by atoms with Gasteiger partial charge < -0.3 is 0 Å². The van der Waals surface area contributed by atoms with Crippen molar-refractivity contribution in [3.05, 3.63) is 89.0 Å². The van der Waals surface area contributed by atoms with Crippen LogP contribution in [0.4, 0.5) is 0 Å². The second-order valence-electron chi connectivity index (χ2n) is 6.85. The van der Waals surface area contributed by atoms with Crippen LogP contribution < -0.4 is 0 Å². The Bertz CT molecular complexity index is 950. The lowest BCUT2D eigenvalue weighted by Gasteiger charge is -2.24. The Kier molecular flexibility index (Phi) is 4.36. The first-order valence-corrected chi connectivity index (χ1v) is 9.01. The molecule has 1 aliphatic rings. The third-order valence-electron chi connectivity index (χ3n) is 5.34. The van der Waals surface area contributed by atoms with Crippen LogP contribution in [0.1, 0.15) is 48.3 Å². The minimum Gasteiger partial charge on any atom is -0.192 e. The summed E-state index contributed by atoms with van der Waals surface area (Å²) in [5, 5.41) is 11.6. The summed E-state index contributed by atoms with van der Waals surface area (Å²) in [4.78, 5) is 0. The SMILES string of the molecule is N#Cc1ccc(C=C2CCC(c3ccccc3)CC2)c2ccccc12. The number of hydrogen-bond donors (Lipinski definition) is 0. The van der Waals surface area contributed by atoms with Crippen LogP contribution in [0, 0.1) is 11.3 Å². The molecular formula is C24H21N. The molecule has 1 fully saturated rings. The van der Waals surface area contributed by atoms with E-state index in [0.29, 0.717) is 5.92 Å². The second kappa shape index (κ2) is 6.95. The molecular weight excluding hydrogens is 302 g/mol. The number of nitrogens with zero attached hydrogens (tertiary/aromatic N) is 1. The van der Waals surface area contributed by atoms with Crippen LogP contribution in [0.15, 0.2) is 72.3 Å². The number of fused-ring (bicyclic) bond motifs is 1. The van der Waals surface area contributed by atoms with Crippen molar-refractivity contribution < 1.29 is 0 Å². The molecule has 4 rings (SSSR count). The molecule has 0 aliphatic heterocycles. The van der Waals surface area contributed by atoms with E-state index < -0.39 is 0 Å². The molecule has 0 heterocycles. The Morgan fingerprint density at radius 1 is 0.800 bits per heavy atom. The molecule has 25 heavy (non-hydrogen) atoms. The zero-order valence-corrected chi connectivity index (χ0v) is 14.3. The number of allylic oxidation sites excluding steroid dienone is 1.